The van der Waals surface area contributed by atoms with Crippen molar-refractivity contribution in [2.45, 2.75) is 17.3 Å². The van der Waals surface area contributed by atoms with Gasteiger partial charge in [-0.2, -0.15) is 0 Å². The maximum absolute atomic E-state index is 5.65. The highest BCUT2D eigenvalue weighted by Gasteiger charge is 2.17. The highest BCUT2D eigenvalue weighted by molar-refractivity contribution is 8.01. The fraction of sp³-hybridized carbons (Fsp3) is 0.429. The molecule has 1 aliphatic rings. The number of aryl methyl sites for hydroxylation is 1. The molecule has 1 aliphatic heterocycles. The van der Waals surface area contributed by atoms with E-state index in [9.17, 15) is 0 Å². The Morgan fingerprint density at radius 1 is 1.29 bits per heavy atom. The third kappa shape index (κ3) is 3.48. The van der Waals surface area contributed by atoms with E-state index < -0.39 is 0 Å². The Morgan fingerprint density at radius 2 is 2.10 bits per heavy atom. The number of benzene rings is 1. The van der Waals surface area contributed by atoms with Crippen molar-refractivity contribution in [3.05, 3.63) is 28.8 Å². The van der Waals surface area contributed by atoms with E-state index in [-0.39, 0.29) is 6.04 Å². The van der Waals surface area contributed by atoms with Crippen molar-refractivity contribution in [1.29, 1.82) is 0 Å². The van der Waals surface area contributed by atoms with Crippen LogP contribution in [0, 0.1) is 6.92 Å². The monoisotopic (exact) mass is 323 g/mol. The predicted octanol–water partition coefficient (Wildman–Crippen LogP) is 2.67. The summed E-state index contributed by atoms with van der Waals surface area (Å²) in [7, 11) is 1.97. The highest BCUT2D eigenvalue weighted by atomic mass is 32.2. The van der Waals surface area contributed by atoms with Gasteiger partial charge in [0.05, 0.1) is 0 Å². The van der Waals surface area contributed by atoms with E-state index in [0.717, 1.165) is 26.6 Å². The number of thioether (sulfide) groups is 1. The Morgan fingerprint density at radius 3 is 2.81 bits per heavy atom. The number of nitrogens with zero attached hydrogens (tertiary/aromatic N) is 2. The third-order valence-corrected chi connectivity index (χ3v) is 5.26. The summed E-state index contributed by atoms with van der Waals surface area (Å²) in [6.45, 7) is 3.20. The minimum atomic E-state index is 0.232. The largest absolute Gasteiger partial charge is 0.486 e. The second-order valence-electron chi connectivity index (χ2n) is 4.64. The van der Waals surface area contributed by atoms with Gasteiger partial charge in [-0.25, -0.2) is 0 Å². The molecule has 0 radical (unpaired) electrons. The predicted molar refractivity (Wildman–Crippen MR) is 84.6 cm³/mol. The Hall–Kier alpha value is -1.31. The van der Waals surface area contributed by atoms with Gasteiger partial charge in [-0.15, -0.1) is 10.2 Å². The second-order valence-corrected chi connectivity index (χ2v) is 7.09. The van der Waals surface area contributed by atoms with E-state index in [1.807, 2.05) is 20.0 Å². The summed E-state index contributed by atoms with van der Waals surface area (Å²) in [5.74, 6) is 2.55. The zero-order valence-electron chi connectivity index (χ0n) is 12.0. The highest BCUT2D eigenvalue weighted by Crippen LogP contribution is 2.34. The first-order valence-corrected chi connectivity index (χ1v) is 8.56. The van der Waals surface area contributed by atoms with Crippen molar-refractivity contribution < 1.29 is 9.47 Å². The lowest BCUT2D eigenvalue weighted by Gasteiger charge is -2.21. The maximum Gasteiger partial charge on any atom is 0.174 e. The lowest BCUT2D eigenvalue weighted by molar-refractivity contribution is 0.171. The van der Waals surface area contributed by atoms with Crippen molar-refractivity contribution in [2.75, 3.05) is 26.0 Å². The molecule has 2 heterocycles. The molecular weight excluding hydrogens is 306 g/mol. The molecule has 1 unspecified atom stereocenters. The van der Waals surface area contributed by atoms with Crippen LogP contribution in [0.3, 0.4) is 0 Å². The van der Waals surface area contributed by atoms with Crippen molar-refractivity contribution in [2.24, 2.45) is 0 Å². The van der Waals surface area contributed by atoms with Gasteiger partial charge < -0.3 is 14.8 Å². The third-order valence-electron chi connectivity index (χ3n) is 3.20. The molecule has 0 amide bonds. The van der Waals surface area contributed by atoms with Gasteiger partial charge >= 0.3 is 0 Å². The zero-order valence-corrected chi connectivity index (χ0v) is 13.6. The van der Waals surface area contributed by atoms with Gasteiger partial charge in [0.15, 0.2) is 15.8 Å². The molecule has 0 bridgehead atoms. The first-order valence-electron chi connectivity index (χ1n) is 6.76. The zero-order chi connectivity index (χ0) is 14.7. The van der Waals surface area contributed by atoms with Gasteiger partial charge in [0.2, 0.25) is 0 Å². The average molecular weight is 323 g/mol. The maximum atomic E-state index is 5.65. The Balaban J connectivity index is 1.70. The van der Waals surface area contributed by atoms with Gasteiger partial charge in [0.25, 0.3) is 0 Å². The number of nitrogens with one attached hydrogen (secondary N) is 1. The SMILES string of the molecule is CNC(CSc1nnc(C)s1)c1ccc2c(c1)OCCO2. The summed E-state index contributed by atoms with van der Waals surface area (Å²) in [5.41, 5.74) is 1.19. The van der Waals surface area contributed by atoms with Crippen LogP contribution in [0.1, 0.15) is 16.6 Å². The van der Waals surface area contributed by atoms with Crippen LogP contribution in [0.2, 0.25) is 0 Å². The summed E-state index contributed by atoms with van der Waals surface area (Å²) >= 11 is 3.34. The molecule has 0 saturated heterocycles. The van der Waals surface area contributed by atoms with Crippen LogP contribution in [0.25, 0.3) is 0 Å². The fourth-order valence-corrected chi connectivity index (χ4v) is 4.10. The van der Waals surface area contributed by atoms with Gasteiger partial charge in [0, 0.05) is 11.8 Å². The molecule has 0 aliphatic carbocycles. The van der Waals surface area contributed by atoms with E-state index in [4.69, 9.17) is 9.47 Å². The molecule has 1 N–H and O–H groups in total. The first kappa shape index (κ1) is 14.6. The van der Waals surface area contributed by atoms with Crippen LogP contribution in [-0.2, 0) is 0 Å². The number of rotatable bonds is 5. The lowest BCUT2D eigenvalue weighted by atomic mass is 10.1. The number of aromatic nitrogens is 2. The second kappa shape index (κ2) is 6.64. The lowest BCUT2D eigenvalue weighted by Crippen LogP contribution is -2.20. The summed E-state index contributed by atoms with van der Waals surface area (Å²) in [4.78, 5) is 0. The van der Waals surface area contributed by atoms with Crippen molar-refractivity contribution in [1.82, 2.24) is 15.5 Å². The van der Waals surface area contributed by atoms with Crippen molar-refractivity contribution >= 4 is 23.1 Å². The van der Waals surface area contributed by atoms with Gasteiger partial charge in [-0.3, -0.25) is 0 Å². The first-order chi connectivity index (χ1) is 10.3. The van der Waals surface area contributed by atoms with Crippen LogP contribution >= 0.6 is 23.1 Å². The standard InChI is InChI=1S/C14H17N3O2S2/c1-9-16-17-14(21-9)20-8-11(15-2)10-3-4-12-13(7-10)19-6-5-18-12/h3-4,7,11,15H,5-6,8H2,1-2H3. The minimum absolute atomic E-state index is 0.232. The number of fused-ring (bicyclic) bond motifs is 1. The van der Waals surface area contributed by atoms with Crippen molar-refractivity contribution in [3.63, 3.8) is 0 Å². The number of ether oxygens (including phenoxy) is 2. The number of hydrogen-bond donors (Lipinski definition) is 1. The average Bonchev–Trinajstić information content (AvgIpc) is 2.93. The summed E-state index contributed by atoms with van der Waals surface area (Å²) in [6.07, 6.45) is 0. The van der Waals surface area contributed by atoms with E-state index in [0.29, 0.717) is 13.2 Å². The molecular formula is C14H17N3O2S2. The van der Waals surface area contributed by atoms with Crippen LogP contribution < -0.4 is 14.8 Å². The van der Waals surface area contributed by atoms with Crippen LogP contribution in [0.5, 0.6) is 11.5 Å². The van der Waals surface area contributed by atoms with Crippen LogP contribution in [0.15, 0.2) is 22.5 Å². The minimum Gasteiger partial charge on any atom is -0.486 e. The topological polar surface area (TPSA) is 56.3 Å². The van der Waals surface area contributed by atoms with E-state index >= 15 is 0 Å². The normalized spacial score (nSPS) is 15.0. The van der Waals surface area contributed by atoms with Crippen LogP contribution in [0.4, 0.5) is 0 Å². The molecule has 7 heteroatoms. The Labute approximate surface area is 132 Å². The molecule has 5 nitrogen and oxygen atoms in total. The molecule has 0 saturated carbocycles. The van der Waals surface area contributed by atoms with E-state index in [2.05, 4.69) is 27.6 Å². The molecule has 1 aromatic heterocycles. The fourth-order valence-electron chi connectivity index (χ4n) is 2.11. The summed E-state index contributed by atoms with van der Waals surface area (Å²) < 4.78 is 12.2. The van der Waals surface area contributed by atoms with Crippen LogP contribution in [-0.4, -0.2) is 36.2 Å². The van der Waals surface area contributed by atoms with Crippen molar-refractivity contribution in [3.8, 4) is 11.5 Å². The molecule has 1 atom stereocenters. The molecule has 1 aromatic carbocycles. The molecule has 2 aromatic rings. The van der Waals surface area contributed by atoms with Gasteiger partial charge in [-0.05, 0) is 31.7 Å². The smallest absolute Gasteiger partial charge is 0.174 e. The molecule has 112 valence electrons. The summed E-state index contributed by atoms with van der Waals surface area (Å²) in [5, 5.41) is 12.5. The molecule has 0 spiro atoms. The Bertz CT molecular complexity index is 618. The molecule has 0 fully saturated rings. The summed E-state index contributed by atoms with van der Waals surface area (Å²) in [6, 6.07) is 6.35. The van der Waals surface area contributed by atoms with E-state index in [1.54, 1.807) is 23.1 Å². The van der Waals surface area contributed by atoms with Gasteiger partial charge in [0.1, 0.15) is 18.2 Å². The molecule has 21 heavy (non-hydrogen) atoms. The van der Waals surface area contributed by atoms with E-state index in [1.165, 1.54) is 5.56 Å². The quantitative estimate of drug-likeness (QED) is 0.854. The van der Waals surface area contributed by atoms with Gasteiger partial charge in [-0.1, -0.05) is 29.2 Å². The number of hydrogen-bond acceptors (Lipinski definition) is 7. The molecule has 3 rings (SSSR count). The Kier molecular flexibility index (Phi) is 4.62.